The molecule has 0 radical (unpaired) electrons. The Morgan fingerprint density at radius 1 is 1.42 bits per heavy atom. The lowest BCUT2D eigenvalue weighted by molar-refractivity contribution is 0.0695. The summed E-state index contributed by atoms with van der Waals surface area (Å²) in [6.45, 7) is 2.97. The molecule has 3 N–H and O–H groups in total. The molecule has 0 aliphatic rings. The molecule has 0 spiro atoms. The minimum atomic E-state index is -3.83. The summed E-state index contributed by atoms with van der Waals surface area (Å²) in [7, 11) is -3.83. The summed E-state index contributed by atoms with van der Waals surface area (Å²) >= 11 is 0. The molecule has 106 valence electrons. The molecule has 1 rings (SSSR count). The number of hydrogen-bond donors (Lipinski definition) is 3. The van der Waals surface area contributed by atoms with Crippen LogP contribution in [0.25, 0.3) is 0 Å². The number of nitrogens with one attached hydrogen (secondary N) is 1. The predicted octanol–water partition coefficient (Wildman–Crippen LogP) is 0.606. The number of aryl methyl sites for hydroxylation is 1. The van der Waals surface area contributed by atoms with Crippen molar-refractivity contribution < 1.29 is 23.4 Å². The Balaban J connectivity index is 3.22. The van der Waals surface area contributed by atoms with Gasteiger partial charge in [0.05, 0.1) is 17.1 Å². The average Bonchev–Trinajstić information content (AvgIpc) is 2.37. The molecule has 0 heterocycles. The molecule has 0 fully saturated rings. The third-order valence-electron chi connectivity index (χ3n) is 2.63. The highest BCUT2D eigenvalue weighted by Crippen LogP contribution is 2.17. The van der Waals surface area contributed by atoms with Crippen LogP contribution in [0, 0.1) is 0 Å². The second kappa shape index (κ2) is 6.14. The minimum absolute atomic E-state index is 0.0259. The predicted molar refractivity (Wildman–Crippen MR) is 69.6 cm³/mol. The first-order chi connectivity index (χ1) is 8.81. The summed E-state index contributed by atoms with van der Waals surface area (Å²) in [4.78, 5) is 11.0. The summed E-state index contributed by atoms with van der Waals surface area (Å²) in [5.74, 6) is -1.16. The van der Waals surface area contributed by atoms with E-state index >= 15 is 0 Å². The zero-order valence-electron chi connectivity index (χ0n) is 10.8. The van der Waals surface area contributed by atoms with E-state index in [9.17, 15) is 13.2 Å². The van der Waals surface area contributed by atoms with Gasteiger partial charge in [0.15, 0.2) is 0 Å². The van der Waals surface area contributed by atoms with E-state index in [4.69, 9.17) is 10.2 Å². The van der Waals surface area contributed by atoms with Crippen molar-refractivity contribution >= 4 is 16.0 Å². The molecule has 0 aromatic heterocycles. The third-order valence-corrected chi connectivity index (χ3v) is 4.22. The molecule has 1 aromatic rings. The van der Waals surface area contributed by atoms with Crippen molar-refractivity contribution in [1.29, 1.82) is 0 Å². The van der Waals surface area contributed by atoms with Crippen molar-refractivity contribution in [2.45, 2.75) is 31.2 Å². The van der Waals surface area contributed by atoms with E-state index < -0.39 is 22.0 Å². The van der Waals surface area contributed by atoms with Crippen LogP contribution in [-0.2, 0) is 16.4 Å². The standard InChI is InChI=1S/C12H17NO5S/c1-3-9-4-5-10(6-11(9)12(15)16)19(17,18)13-8(2)7-14/h4-6,8,13-14H,3,7H2,1-2H3,(H,15,16)/t8-/m1/s1. The van der Waals surface area contributed by atoms with Crippen LogP contribution in [0.5, 0.6) is 0 Å². The fourth-order valence-corrected chi connectivity index (χ4v) is 2.86. The van der Waals surface area contributed by atoms with Crippen molar-refractivity contribution in [3.63, 3.8) is 0 Å². The Labute approximate surface area is 112 Å². The molecule has 0 saturated carbocycles. The Morgan fingerprint density at radius 3 is 2.53 bits per heavy atom. The van der Waals surface area contributed by atoms with Gasteiger partial charge in [-0.25, -0.2) is 17.9 Å². The Kier molecular flexibility index (Phi) is 5.04. The maximum Gasteiger partial charge on any atom is 0.336 e. The van der Waals surface area contributed by atoms with Gasteiger partial charge in [-0.15, -0.1) is 0 Å². The van der Waals surface area contributed by atoms with Crippen LogP contribution in [0.1, 0.15) is 29.8 Å². The van der Waals surface area contributed by atoms with Gasteiger partial charge in [-0.2, -0.15) is 0 Å². The number of hydrogen-bond acceptors (Lipinski definition) is 4. The molecular weight excluding hydrogens is 270 g/mol. The van der Waals surface area contributed by atoms with E-state index in [1.807, 2.05) is 0 Å². The van der Waals surface area contributed by atoms with E-state index in [1.165, 1.54) is 19.1 Å². The highest BCUT2D eigenvalue weighted by Gasteiger charge is 2.20. The molecule has 7 heteroatoms. The number of carbonyl (C=O) groups is 1. The zero-order chi connectivity index (χ0) is 14.6. The molecular formula is C12H17NO5S. The van der Waals surface area contributed by atoms with E-state index in [-0.39, 0.29) is 17.1 Å². The number of aliphatic hydroxyl groups excluding tert-OH is 1. The number of carboxylic acids is 1. The van der Waals surface area contributed by atoms with Gasteiger partial charge in [0.2, 0.25) is 10.0 Å². The Hall–Kier alpha value is -1.44. The molecule has 0 aliphatic heterocycles. The van der Waals surface area contributed by atoms with Gasteiger partial charge in [0.25, 0.3) is 0 Å². The van der Waals surface area contributed by atoms with Gasteiger partial charge in [-0.05, 0) is 31.0 Å². The summed E-state index contributed by atoms with van der Waals surface area (Å²) in [6.07, 6.45) is 0.502. The fourth-order valence-electron chi connectivity index (χ4n) is 1.60. The maximum atomic E-state index is 12.0. The van der Waals surface area contributed by atoms with Crippen LogP contribution in [0.15, 0.2) is 23.1 Å². The highest BCUT2D eigenvalue weighted by molar-refractivity contribution is 7.89. The van der Waals surface area contributed by atoms with Crippen LogP contribution in [0.4, 0.5) is 0 Å². The average molecular weight is 287 g/mol. The van der Waals surface area contributed by atoms with E-state index in [2.05, 4.69) is 4.72 Å². The molecule has 1 aromatic carbocycles. The van der Waals surface area contributed by atoms with Gasteiger partial charge in [-0.3, -0.25) is 0 Å². The van der Waals surface area contributed by atoms with Crippen molar-refractivity contribution in [2.75, 3.05) is 6.61 Å². The smallest absolute Gasteiger partial charge is 0.336 e. The lowest BCUT2D eigenvalue weighted by atomic mass is 10.1. The van der Waals surface area contributed by atoms with Crippen LogP contribution in [0.2, 0.25) is 0 Å². The molecule has 1 atom stereocenters. The normalized spacial score (nSPS) is 13.2. The molecule has 0 aliphatic carbocycles. The van der Waals surface area contributed by atoms with Crippen LogP contribution in [-0.4, -0.2) is 37.2 Å². The monoisotopic (exact) mass is 287 g/mol. The summed E-state index contributed by atoms with van der Waals surface area (Å²) < 4.78 is 26.2. The van der Waals surface area contributed by atoms with E-state index in [1.54, 1.807) is 6.92 Å². The second-order valence-electron chi connectivity index (χ2n) is 4.18. The lowest BCUT2D eigenvalue weighted by Gasteiger charge is -2.13. The van der Waals surface area contributed by atoms with Crippen LogP contribution in [0.3, 0.4) is 0 Å². The third kappa shape index (κ3) is 3.76. The van der Waals surface area contributed by atoms with Gasteiger partial charge in [-0.1, -0.05) is 13.0 Å². The quantitative estimate of drug-likeness (QED) is 0.711. The molecule has 0 saturated heterocycles. The largest absolute Gasteiger partial charge is 0.478 e. The molecule has 0 bridgehead atoms. The maximum absolute atomic E-state index is 12.0. The number of rotatable bonds is 6. The molecule has 6 nitrogen and oxygen atoms in total. The Bertz CT molecular complexity index is 567. The fraction of sp³-hybridized carbons (Fsp3) is 0.417. The van der Waals surface area contributed by atoms with Crippen molar-refractivity contribution in [1.82, 2.24) is 4.72 Å². The van der Waals surface area contributed by atoms with Crippen LogP contribution >= 0.6 is 0 Å². The SMILES string of the molecule is CCc1ccc(S(=O)(=O)N[C@H](C)CO)cc1C(=O)O. The van der Waals surface area contributed by atoms with Gasteiger partial charge >= 0.3 is 5.97 Å². The van der Waals surface area contributed by atoms with Gasteiger partial charge in [0.1, 0.15) is 0 Å². The van der Waals surface area contributed by atoms with Crippen LogP contribution < -0.4 is 4.72 Å². The van der Waals surface area contributed by atoms with Gasteiger partial charge in [0, 0.05) is 6.04 Å². The van der Waals surface area contributed by atoms with Gasteiger partial charge < -0.3 is 10.2 Å². The Morgan fingerprint density at radius 2 is 2.05 bits per heavy atom. The first-order valence-corrected chi connectivity index (χ1v) is 7.29. The lowest BCUT2D eigenvalue weighted by Crippen LogP contribution is -2.35. The van der Waals surface area contributed by atoms with E-state index in [0.29, 0.717) is 12.0 Å². The number of aromatic carboxylic acids is 1. The van der Waals surface area contributed by atoms with Crippen molar-refractivity contribution in [2.24, 2.45) is 0 Å². The first kappa shape index (κ1) is 15.6. The number of aliphatic hydroxyl groups is 1. The highest BCUT2D eigenvalue weighted by atomic mass is 32.2. The second-order valence-corrected chi connectivity index (χ2v) is 5.90. The van der Waals surface area contributed by atoms with Crippen molar-refractivity contribution in [3.05, 3.63) is 29.3 Å². The van der Waals surface area contributed by atoms with E-state index in [0.717, 1.165) is 6.07 Å². The molecule has 0 amide bonds. The molecule has 0 unspecified atom stereocenters. The minimum Gasteiger partial charge on any atom is -0.478 e. The number of benzene rings is 1. The molecule has 19 heavy (non-hydrogen) atoms. The first-order valence-electron chi connectivity index (χ1n) is 5.81. The number of sulfonamides is 1. The zero-order valence-corrected chi connectivity index (χ0v) is 11.6. The summed E-state index contributed by atoms with van der Waals surface area (Å²) in [6, 6.07) is 3.34. The topological polar surface area (TPSA) is 104 Å². The number of carboxylic acid groups (broad SMARTS) is 1. The summed E-state index contributed by atoms with van der Waals surface area (Å²) in [5, 5.41) is 17.9. The summed E-state index contributed by atoms with van der Waals surface area (Å²) in [5.41, 5.74) is 0.545. The van der Waals surface area contributed by atoms with Crippen molar-refractivity contribution in [3.8, 4) is 0 Å².